The first-order valence-corrected chi connectivity index (χ1v) is 10.5. The number of benzene rings is 3. The van der Waals surface area contributed by atoms with E-state index in [1.807, 2.05) is 72.8 Å². The molecule has 0 N–H and O–H groups in total. The molecule has 0 atom stereocenters. The van der Waals surface area contributed by atoms with Crippen LogP contribution in [0.15, 0.2) is 77.7 Å². The summed E-state index contributed by atoms with van der Waals surface area (Å²) >= 11 is 6.91. The molecule has 0 unspecified atom stereocenters. The van der Waals surface area contributed by atoms with E-state index < -0.39 is 0 Å². The van der Waals surface area contributed by atoms with Crippen LogP contribution >= 0.6 is 23.4 Å². The highest BCUT2D eigenvalue weighted by Crippen LogP contribution is 2.34. The van der Waals surface area contributed by atoms with E-state index in [2.05, 4.69) is 0 Å². The summed E-state index contributed by atoms with van der Waals surface area (Å²) in [6, 6.07) is 22.8. The normalized spacial score (nSPS) is 15.1. The van der Waals surface area contributed by atoms with Gasteiger partial charge in [0, 0.05) is 5.02 Å². The van der Waals surface area contributed by atoms with Crippen LogP contribution in [0.3, 0.4) is 0 Å². The zero-order valence-electron chi connectivity index (χ0n) is 16.2. The van der Waals surface area contributed by atoms with Gasteiger partial charge in [-0.25, -0.2) is 0 Å². The predicted molar refractivity (Wildman–Crippen MR) is 121 cm³/mol. The number of carbonyl (C=O) groups excluding carboxylic acids is 2. The molecule has 0 aliphatic carbocycles. The molecule has 1 heterocycles. The lowest BCUT2D eigenvalue weighted by Gasteiger charge is -2.12. The number of rotatable bonds is 5. The molecule has 4 nitrogen and oxygen atoms in total. The predicted octanol–water partition coefficient (Wildman–Crippen LogP) is 6.25. The van der Waals surface area contributed by atoms with Crippen LogP contribution in [0.1, 0.15) is 11.1 Å². The highest BCUT2D eigenvalue weighted by atomic mass is 35.5. The summed E-state index contributed by atoms with van der Waals surface area (Å²) in [7, 11) is 1.60. The van der Waals surface area contributed by atoms with Crippen molar-refractivity contribution in [3.8, 4) is 16.9 Å². The number of nitrogens with zero attached hydrogens (tertiary/aromatic N) is 1. The Morgan fingerprint density at radius 2 is 1.50 bits per heavy atom. The van der Waals surface area contributed by atoms with Crippen molar-refractivity contribution in [3.05, 3.63) is 93.9 Å². The molecule has 1 aliphatic heterocycles. The lowest BCUT2D eigenvalue weighted by atomic mass is 10.0. The van der Waals surface area contributed by atoms with Crippen molar-refractivity contribution in [1.82, 2.24) is 4.90 Å². The van der Waals surface area contributed by atoms with Gasteiger partial charge in [0.2, 0.25) is 0 Å². The summed E-state index contributed by atoms with van der Waals surface area (Å²) in [5, 5.41) is 0.431. The molecular weight excluding hydrogens is 418 g/mol. The first-order valence-electron chi connectivity index (χ1n) is 9.28. The molecule has 2 amide bonds. The van der Waals surface area contributed by atoms with Gasteiger partial charge in [-0.2, -0.15) is 0 Å². The number of methoxy groups -OCH3 is 1. The number of amides is 2. The Hall–Kier alpha value is -3.02. The van der Waals surface area contributed by atoms with Gasteiger partial charge in [0.05, 0.1) is 18.6 Å². The number of ether oxygens (including phenoxy) is 1. The zero-order valence-corrected chi connectivity index (χ0v) is 17.7. The standard InChI is InChI=1S/C24H18ClNO3S/c1-29-21-12-4-17(5-13-21)15-26-23(27)22(30-24(26)28)14-16-2-6-18(7-3-16)19-8-10-20(25)11-9-19/h2-14H,15H2,1H3. The Labute approximate surface area is 184 Å². The van der Waals surface area contributed by atoms with Crippen LogP contribution in [0, 0.1) is 0 Å². The van der Waals surface area contributed by atoms with Crippen LogP contribution < -0.4 is 4.74 Å². The van der Waals surface area contributed by atoms with E-state index in [-0.39, 0.29) is 17.7 Å². The fourth-order valence-corrected chi connectivity index (χ4v) is 4.08. The Morgan fingerprint density at radius 1 is 0.900 bits per heavy atom. The SMILES string of the molecule is COc1ccc(CN2C(=O)SC(=Cc3ccc(-c4ccc(Cl)cc4)cc3)C2=O)cc1. The van der Waals surface area contributed by atoms with E-state index in [9.17, 15) is 9.59 Å². The summed E-state index contributed by atoms with van der Waals surface area (Å²) in [5.74, 6) is 0.456. The monoisotopic (exact) mass is 435 g/mol. The summed E-state index contributed by atoms with van der Waals surface area (Å²) in [6.45, 7) is 0.238. The van der Waals surface area contributed by atoms with Gasteiger partial charge in [0.15, 0.2) is 0 Å². The lowest BCUT2D eigenvalue weighted by molar-refractivity contribution is -0.123. The average molecular weight is 436 g/mol. The first kappa shape index (κ1) is 20.3. The smallest absolute Gasteiger partial charge is 0.293 e. The fourth-order valence-electron chi connectivity index (χ4n) is 3.12. The van der Waals surface area contributed by atoms with Crippen molar-refractivity contribution >= 4 is 40.6 Å². The topological polar surface area (TPSA) is 46.6 Å². The maximum absolute atomic E-state index is 12.7. The molecule has 0 bridgehead atoms. The summed E-state index contributed by atoms with van der Waals surface area (Å²) in [5.41, 5.74) is 3.84. The maximum Gasteiger partial charge on any atom is 0.293 e. The van der Waals surface area contributed by atoms with Crippen LogP contribution in [0.2, 0.25) is 5.02 Å². The van der Waals surface area contributed by atoms with Gasteiger partial charge in [-0.3, -0.25) is 14.5 Å². The first-order chi connectivity index (χ1) is 14.5. The Kier molecular flexibility index (Phi) is 5.93. The number of halogens is 1. The Bertz CT molecular complexity index is 1110. The van der Waals surface area contributed by atoms with Crippen molar-refractivity contribution in [1.29, 1.82) is 0 Å². The third-order valence-electron chi connectivity index (χ3n) is 4.76. The van der Waals surface area contributed by atoms with E-state index in [0.29, 0.717) is 9.93 Å². The van der Waals surface area contributed by atoms with E-state index >= 15 is 0 Å². The third kappa shape index (κ3) is 4.42. The number of hydrogen-bond donors (Lipinski definition) is 0. The Balaban J connectivity index is 1.49. The quantitative estimate of drug-likeness (QED) is 0.444. The fraction of sp³-hybridized carbons (Fsp3) is 0.0833. The van der Waals surface area contributed by atoms with Crippen LogP contribution in [-0.4, -0.2) is 23.2 Å². The van der Waals surface area contributed by atoms with E-state index in [0.717, 1.165) is 39.8 Å². The molecule has 0 radical (unpaired) electrons. The minimum absolute atomic E-state index is 0.238. The van der Waals surface area contributed by atoms with Crippen molar-refractivity contribution in [2.24, 2.45) is 0 Å². The molecule has 3 aromatic rings. The average Bonchev–Trinajstić information content (AvgIpc) is 3.03. The maximum atomic E-state index is 12.7. The van der Waals surface area contributed by atoms with Gasteiger partial charge in [0.1, 0.15) is 5.75 Å². The van der Waals surface area contributed by atoms with Gasteiger partial charge in [-0.15, -0.1) is 0 Å². The number of thioether (sulfide) groups is 1. The second-order valence-electron chi connectivity index (χ2n) is 6.74. The molecule has 0 spiro atoms. The minimum Gasteiger partial charge on any atom is -0.497 e. The van der Waals surface area contributed by atoms with Gasteiger partial charge < -0.3 is 4.74 Å². The Morgan fingerprint density at radius 3 is 2.10 bits per heavy atom. The molecule has 30 heavy (non-hydrogen) atoms. The number of carbonyl (C=O) groups is 2. The van der Waals surface area contributed by atoms with Crippen molar-refractivity contribution < 1.29 is 14.3 Å². The van der Waals surface area contributed by atoms with Gasteiger partial charge in [-0.1, -0.05) is 60.1 Å². The van der Waals surface area contributed by atoms with Crippen LogP contribution in [-0.2, 0) is 11.3 Å². The van der Waals surface area contributed by atoms with E-state index in [4.69, 9.17) is 16.3 Å². The summed E-state index contributed by atoms with van der Waals surface area (Å²) in [6.07, 6.45) is 1.75. The zero-order chi connectivity index (χ0) is 21.1. The van der Waals surface area contributed by atoms with Crippen LogP contribution in [0.5, 0.6) is 5.75 Å². The molecule has 3 aromatic carbocycles. The molecule has 150 valence electrons. The molecule has 6 heteroatoms. The highest BCUT2D eigenvalue weighted by molar-refractivity contribution is 8.18. The van der Waals surface area contributed by atoms with Gasteiger partial charge in [-0.05, 0) is 64.4 Å². The molecule has 1 saturated heterocycles. The molecular formula is C24H18ClNO3S. The minimum atomic E-state index is -0.275. The highest BCUT2D eigenvalue weighted by Gasteiger charge is 2.34. The second kappa shape index (κ2) is 8.78. The summed E-state index contributed by atoms with van der Waals surface area (Å²) < 4.78 is 5.14. The van der Waals surface area contributed by atoms with Crippen molar-refractivity contribution in [2.45, 2.75) is 6.54 Å². The third-order valence-corrected chi connectivity index (χ3v) is 5.92. The molecule has 0 aromatic heterocycles. The van der Waals surface area contributed by atoms with Crippen LogP contribution in [0.4, 0.5) is 4.79 Å². The number of hydrogen-bond acceptors (Lipinski definition) is 4. The van der Waals surface area contributed by atoms with Crippen molar-refractivity contribution in [2.75, 3.05) is 7.11 Å². The van der Waals surface area contributed by atoms with Crippen molar-refractivity contribution in [3.63, 3.8) is 0 Å². The lowest BCUT2D eigenvalue weighted by Crippen LogP contribution is -2.27. The summed E-state index contributed by atoms with van der Waals surface area (Å²) in [4.78, 5) is 26.8. The molecule has 1 fully saturated rings. The number of imide groups is 1. The van der Waals surface area contributed by atoms with Gasteiger partial charge >= 0.3 is 0 Å². The molecule has 4 rings (SSSR count). The van der Waals surface area contributed by atoms with E-state index in [1.165, 1.54) is 4.90 Å². The molecule has 1 aliphatic rings. The molecule has 0 saturated carbocycles. The second-order valence-corrected chi connectivity index (χ2v) is 8.17. The largest absolute Gasteiger partial charge is 0.497 e. The van der Waals surface area contributed by atoms with Gasteiger partial charge in [0.25, 0.3) is 11.1 Å². The van der Waals surface area contributed by atoms with Crippen LogP contribution in [0.25, 0.3) is 17.2 Å². The van der Waals surface area contributed by atoms with E-state index in [1.54, 1.807) is 13.2 Å².